The summed E-state index contributed by atoms with van der Waals surface area (Å²) in [5.41, 5.74) is 2.52. The van der Waals surface area contributed by atoms with Gasteiger partial charge in [-0.2, -0.15) is 0 Å². The van der Waals surface area contributed by atoms with Gasteiger partial charge >= 0.3 is 5.97 Å². The van der Waals surface area contributed by atoms with Gasteiger partial charge in [0.25, 0.3) is 0 Å². The quantitative estimate of drug-likeness (QED) is 0.635. The second-order valence-corrected chi connectivity index (χ2v) is 7.18. The van der Waals surface area contributed by atoms with E-state index in [1.165, 1.54) is 17.7 Å². The van der Waals surface area contributed by atoms with Gasteiger partial charge in [-0.15, -0.1) is 0 Å². The van der Waals surface area contributed by atoms with Gasteiger partial charge < -0.3 is 20.5 Å². The number of pyridine rings is 1. The van der Waals surface area contributed by atoms with Crippen LogP contribution in [-0.2, 0) is 22.4 Å². The Bertz CT molecular complexity index is 587. The van der Waals surface area contributed by atoms with Gasteiger partial charge in [-0.1, -0.05) is 6.07 Å². The van der Waals surface area contributed by atoms with Crippen LogP contribution in [-0.4, -0.2) is 48.4 Å². The van der Waals surface area contributed by atoms with E-state index in [9.17, 15) is 4.79 Å². The Balaban J connectivity index is 1.32. The number of carbonyl (C=O) groups is 1. The van der Waals surface area contributed by atoms with Gasteiger partial charge in [-0.05, 0) is 69.5 Å². The topological polar surface area (TPSA) is 83.5 Å². The number of anilines is 1. The van der Waals surface area contributed by atoms with Crippen molar-refractivity contribution in [3.63, 3.8) is 0 Å². The molecule has 2 aliphatic rings. The molecular weight excluding hydrogens is 318 g/mol. The molecule has 1 aliphatic heterocycles. The highest BCUT2D eigenvalue weighted by atomic mass is 16.5. The summed E-state index contributed by atoms with van der Waals surface area (Å²) in [6, 6.07) is 3.87. The molecule has 0 bridgehead atoms. The molecule has 6 nitrogen and oxygen atoms in total. The van der Waals surface area contributed by atoms with Crippen LogP contribution in [0.3, 0.4) is 0 Å². The number of fused-ring (bicyclic) bond motifs is 1. The number of rotatable bonds is 9. The summed E-state index contributed by atoms with van der Waals surface area (Å²) >= 11 is 0. The monoisotopic (exact) mass is 347 g/mol. The molecular formula is C19H29N3O3. The third-order valence-corrected chi connectivity index (χ3v) is 5.36. The van der Waals surface area contributed by atoms with E-state index in [1.807, 2.05) is 0 Å². The first kappa shape index (κ1) is 18.1. The Labute approximate surface area is 149 Å². The number of aromatic nitrogens is 1. The van der Waals surface area contributed by atoms with Gasteiger partial charge in [-0.3, -0.25) is 4.79 Å². The van der Waals surface area contributed by atoms with E-state index >= 15 is 0 Å². The molecule has 1 fully saturated rings. The summed E-state index contributed by atoms with van der Waals surface area (Å²) in [7, 11) is 1.67. The summed E-state index contributed by atoms with van der Waals surface area (Å²) in [4.78, 5) is 15.7. The van der Waals surface area contributed by atoms with Crippen molar-refractivity contribution in [2.24, 2.45) is 5.92 Å². The molecule has 0 saturated heterocycles. The van der Waals surface area contributed by atoms with Crippen LogP contribution in [0.1, 0.15) is 43.4 Å². The Kier molecular flexibility index (Phi) is 6.26. The van der Waals surface area contributed by atoms with Crippen molar-refractivity contribution < 1.29 is 14.6 Å². The first-order valence-corrected chi connectivity index (χ1v) is 9.40. The smallest absolute Gasteiger partial charge is 0.320 e. The maximum atomic E-state index is 10.9. The van der Waals surface area contributed by atoms with Crippen molar-refractivity contribution in [2.75, 3.05) is 25.5 Å². The Morgan fingerprint density at radius 3 is 3.08 bits per heavy atom. The number of carboxylic acid groups (broad SMARTS) is 1. The normalized spacial score (nSPS) is 23.2. The lowest BCUT2D eigenvalue weighted by molar-refractivity contribution is -0.140. The number of carboxylic acids is 1. The van der Waals surface area contributed by atoms with Gasteiger partial charge in [0.05, 0.1) is 6.10 Å². The molecule has 25 heavy (non-hydrogen) atoms. The van der Waals surface area contributed by atoms with Crippen LogP contribution in [0, 0.1) is 5.92 Å². The molecule has 3 rings (SSSR count). The van der Waals surface area contributed by atoms with Crippen molar-refractivity contribution in [1.82, 2.24) is 10.3 Å². The fraction of sp³-hybridized carbons (Fsp3) is 0.684. The van der Waals surface area contributed by atoms with E-state index < -0.39 is 12.0 Å². The lowest BCUT2D eigenvalue weighted by Crippen LogP contribution is -2.37. The zero-order valence-electron chi connectivity index (χ0n) is 15.0. The largest absolute Gasteiger partial charge is 0.480 e. The highest BCUT2D eigenvalue weighted by Gasteiger charge is 2.30. The molecule has 0 amide bonds. The standard InChI is InChI=1S/C19H29N3O3/c1-20-17(19(23)24)8-10-25-16-11-13(12-16)4-6-15-7-5-14-3-2-9-21-18(14)22-15/h5,7,13,16-17,20H,2-4,6,8-12H2,1H3,(H,21,22)(H,23,24)/t13?,16?,17-/m0/s1. The minimum absolute atomic E-state index is 0.300. The van der Waals surface area contributed by atoms with E-state index in [-0.39, 0.29) is 0 Å². The molecule has 0 spiro atoms. The van der Waals surface area contributed by atoms with E-state index in [4.69, 9.17) is 14.8 Å². The van der Waals surface area contributed by atoms with Gasteiger partial charge in [0.15, 0.2) is 0 Å². The summed E-state index contributed by atoms with van der Waals surface area (Å²) < 4.78 is 5.79. The first-order valence-electron chi connectivity index (χ1n) is 9.40. The van der Waals surface area contributed by atoms with Crippen LogP contribution in [0.25, 0.3) is 0 Å². The third-order valence-electron chi connectivity index (χ3n) is 5.36. The highest BCUT2D eigenvalue weighted by Crippen LogP contribution is 2.34. The van der Waals surface area contributed by atoms with E-state index in [0.29, 0.717) is 25.0 Å². The molecule has 3 N–H and O–H groups in total. The van der Waals surface area contributed by atoms with Crippen LogP contribution in [0.2, 0.25) is 0 Å². The number of nitrogens with zero attached hydrogens (tertiary/aromatic N) is 1. The Morgan fingerprint density at radius 1 is 1.48 bits per heavy atom. The Hall–Kier alpha value is -1.66. The van der Waals surface area contributed by atoms with Crippen LogP contribution < -0.4 is 10.6 Å². The van der Waals surface area contributed by atoms with Crippen molar-refractivity contribution in [3.05, 3.63) is 23.4 Å². The Morgan fingerprint density at radius 2 is 2.32 bits per heavy atom. The van der Waals surface area contributed by atoms with Crippen LogP contribution in [0.15, 0.2) is 12.1 Å². The SMILES string of the molecule is CN[C@@H](CCOC1CC(CCc2ccc3c(n2)NCCC3)C1)C(=O)O. The number of ether oxygens (including phenoxy) is 1. The molecule has 138 valence electrons. The number of hydrogen-bond donors (Lipinski definition) is 3. The number of likely N-dealkylation sites (N-methyl/N-ethyl adjacent to an activating group) is 1. The fourth-order valence-electron chi connectivity index (χ4n) is 3.65. The molecule has 0 aromatic carbocycles. The number of aryl methyl sites for hydroxylation is 2. The van der Waals surface area contributed by atoms with E-state index in [1.54, 1.807) is 7.05 Å². The van der Waals surface area contributed by atoms with Crippen LogP contribution in [0.4, 0.5) is 5.82 Å². The molecule has 1 saturated carbocycles. The van der Waals surface area contributed by atoms with E-state index in [2.05, 4.69) is 22.8 Å². The van der Waals surface area contributed by atoms with Crippen LogP contribution in [0.5, 0.6) is 0 Å². The zero-order chi connectivity index (χ0) is 17.6. The predicted octanol–water partition coefficient (Wildman–Crippen LogP) is 2.23. The summed E-state index contributed by atoms with van der Waals surface area (Å²) in [5.74, 6) is 0.969. The maximum absolute atomic E-state index is 10.9. The molecule has 1 atom stereocenters. The molecule has 0 unspecified atom stereocenters. The second kappa shape index (κ2) is 8.63. The van der Waals surface area contributed by atoms with Crippen molar-refractivity contribution in [3.8, 4) is 0 Å². The number of hydrogen-bond acceptors (Lipinski definition) is 5. The zero-order valence-corrected chi connectivity index (χ0v) is 15.0. The minimum atomic E-state index is -0.815. The first-order chi connectivity index (χ1) is 12.2. The summed E-state index contributed by atoms with van der Waals surface area (Å²) in [6.07, 6.45) is 7.48. The summed E-state index contributed by atoms with van der Waals surface area (Å²) in [5, 5.41) is 15.2. The molecule has 1 aromatic heterocycles. The lowest BCUT2D eigenvalue weighted by Gasteiger charge is -2.35. The van der Waals surface area contributed by atoms with E-state index in [0.717, 1.165) is 44.5 Å². The molecule has 6 heteroatoms. The van der Waals surface area contributed by atoms with Crippen molar-refractivity contribution >= 4 is 11.8 Å². The molecule has 1 aromatic rings. The van der Waals surface area contributed by atoms with Gasteiger partial charge in [-0.25, -0.2) is 4.98 Å². The average molecular weight is 347 g/mol. The molecule has 1 aliphatic carbocycles. The predicted molar refractivity (Wildman–Crippen MR) is 96.9 cm³/mol. The highest BCUT2D eigenvalue weighted by molar-refractivity contribution is 5.73. The lowest BCUT2D eigenvalue weighted by atomic mass is 9.79. The van der Waals surface area contributed by atoms with Crippen LogP contribution >= 0.6 is 0 Å². The van der Waals surface area contributed by atoms with Crippen molar-refractivity contribution in [1.29, 1.82) is 0 Å². The van der Waals surface area contributed by atoms with Crippen molar-refractivity contribution in [2.45, 2.75) is 57.1 Å². The minimum Gasteiger partial charge on any atom is -0.480 e. The second-order valence-electron chi connectivity index (χ2n) is 7.18. The van der Waals surface area contributed by atoms with Gasteiger partial charge in [0, 0.05) is 18.8 Å². The average Bonchev–Trinajstić information content (AvgIpc) is 2.59. The number of aliphatic carboxylic acids is 1. The van der Waals surface area contributed by atoms with Gasteiger partial charge in [0.1, 0.15) is 11.9 Å². The third kappa shape index (κ3) is 4.92. The van der Waals surface area contributed by atoms with Gasteiger partial charge in [0.2, 0.25) is 0 Å². The molecule has 0 radical (unpaired) electrons. The number of nitrogens with one attached hydrogen (secondary N) is 2. The summed E-state index contributed by atoms with van der Waals surface area (Å²) in [6.45, 7) is 1.54. The fourth-order valence-corrected chi connectivity index (χ4v) is 3.65. The maximum Gasteiger partial charge on any atom is 0.320 e. The molecule has 2 heterocycles.